The molecule has 2 aromatic heterocycles. The zero-order chi connectivity index (χ0) is 9.97. The number of methoxy groups -OCH3 is 1. The molecule has 0 radical (unpaired) electrons. The van der Waals surface area contributed by atoms with E-state index >= 15 is 0 Å². The van der Waals surface area contributed by atoms with Crippen molar-refractivity contribution < 1.29 is 4.74 Å². The van der Waals surface area contributed by atoms with Crippen LogP contribution in [0.25, 0.3) is 11.0 Å². The van der Waals surface area contributed by atoms with Gasteiger partial charge < -0.3 is 15.5 Å². The number of fused-ring (bicyclic) bond motifs is 1. The van der Waals surface area contributed by atoms with Crippen LogP contribution in [-0.4, -0.2) is 23.7 Å². The van der Waals surface area contributed by atoms with Gasteiger partial charge in [-0.1, -0.05) is 0 Å². The second-order valence-corrected chi connectivity index (χ2v) is 3.21. The van der Waals surface area contributed by atoms with Gasteiger partial charge in [-0.15, -0.1) is 0 Å². The Bertz CT molecular complexity index is 424. The summed E-state index contributed by atoms with van der Waals surface area (Å²) in [5, 5.41) is 1.07. The van der Waals surface area contributed by atoms with E-state index < -0.39 is 0 Å². The molecule has 14 heavy (non-hydrogen) atoms. The molecular weight excluding hydrogens is 178 g/mol. The fraction of sp³-hybridized carbons (Fsp3) is 0.300. The summed E-state index contributed by atoms with van der Waals surface area (Å²) >= 11 is 0. The number of hydrogen-bond donors (Lipinski definition) is 2. The van der Waals surface area contributed by atoms with Gasteiger partial charge in [0.1, 0.15) is 5.65 Å². The van der Waals surface area contributed by atoms with Crippen molar-refractivity contribution in [3.05, 3.63) is 30.1 Å². The van der Waals surface area contributed by atoms with Gasteiger partial charge in [-0.05, 0) is 17.7 Å². The van der Waals surface area contributed by atoms with Gasteiger partial charge in [-0.2, -0.15) is 0 Å². The number of nitrogens with two attached hydrogens (primary N) is 1. The topological polar surface area (TPSA) is 63.9 Å². The Morgan fingerprint density at radius 2 is 2.50 bits per heavy atom. The van der Waals surface area contributed by atoms with E-state index in [1.807, 2.05) is 18.3 Å². The van der Waals surface area contributed by atoms with Gasteiger partial charge in [0.2, 0.25) is 0 Å². The first-order valence-electron chi connectivity index (χ1n) is 4.49. The lowest BCUT2D eigenvalue weighted by Gasteiger charge is -2.08. The van der Waals surface area contributed by atoms with Crippen molar-refractivity contribution in [2.75, 3.05) is 13.7 Å². The van der Waals surface area contributed by atoms with Crippen LogP contribution in [0.4, 0.5) is 0 Å². The number of rotatable bonds is 3. The smallest absolute Gasteiger partial charge is 0.137 e. The first-order valence-corrected chi connectivity index (χ1v) is 4.49. The van der Waals surface area contributed by atoms with Crippen molar-refractivity contribution in [3.8, 4) is 0 Å². The fourth-order valence-electron chi connectivity index (χ4n) is 1.55. The standard InChI is InChI=1S/C10H13N3O/c1-14-6-9(11)8-5-13-10-7(8)3-2-4-12-10/h2-5,9H,6,11H2,1H3,(H,12,13)/t9-/m0/s1. The molecule has 2 heterocycles. The molecule has 2 aromatic rings. The maximum absolute atomic E-state index is 5.94. The third-order valence-electron chi connectivity index (χ3n) is 2.23. The van der Waals surface area contributed by atoms with E-state index in [2.05, 4.69) is 9.97 Å². The van der Waals surface area contributed by atoms with Gasteiger partial charge in [0.15, 0.2) is 0 Å². The lowest BCUT2D eigenvalue weighted by atomic mass is 10.1. The van der Waals surface area contributed by atoms with Crippen molar-refractivity contribution in [1.82, 2.24) is 9.97 Å². The quantitative estimate of drug-likeness (QED) is 0.766. The Morgan fingerprint density at radius 3 is 3.29 bits per heavy atom. The predicted molar refractivity (Wildman–Crippen MR) is 54.9 cm³/mol. The van der Waals surface area contributed by atoms with Gasteiger partial charge in [-0.25, -0.2) is 4.98 Å². The van der Waals surface area contributed by atoms with Gasteiger partial charge in [0.05, 0.1) is 12.6 Å². The highest BCUT2D eigenvalue weighted by atomic mass is 16.5. The van der Waals surface area contributed by atoms with Crippen LogP contribution in [0.1, 0.15) is 11.6 Å². The number of ether oxygens (including phenoxy) is 1. The zero-order valence-corrected chi connectivity index (χ0v) is 8.03. The number of nitrogens with zero attached hydrogens (tertiary/aromatic N) is 1. The minimum Gasteiger partial charge on any atom is -0.383 e. The largest absolute Gasteiger partial charge is 0.383 e. The number of aromatic nitrogens is 2. The van der Waals surface area contributed by atoms with Crippen molar-refractivity contribution >= 4 is 11.0 Å². The van der Waals surface area contributed by atoms with Crippen LogP contribution in [0.15, 0.2) is 24.5 Å². The number of nitrogens with one attached hydrogen (secondary N) is 1. The minimum atomic E-state index is -0.0991. The third kappa shape index (κ3) is 1.49. The molecule has 4 nitrogen and oxygen atoms in total. The number of aromatic amines is 1. The van der Waals surface area contributed by atoms with Crippen molar-refractivity contribution in [3.63, 3.8) is 0 Å². The Hall–Kier alpha value is -1.39. The van der Waals surface area contributed by atoms with Crippen LogP contribution in [0.2, 0.25) is 0 Å². The normalized spacial score (nSPS) is 13.3. The Labute approximate surface area is 82.1 Å². The summed E-state index contributed by atoms with van der Waals surface area (Å²) in [6.45, 7) is 0.516. The van der Waals surface area contributed by atoms with E-state index in [4.69, 9.17) is 10.5 Å². The third-order valence-corrected chi connectivity index (χ3v) is 2.23. The van der Waals surface area contributed by atoms with E-state index in [1.165, 1.54) is 0 Å². The summed E-state index contributed by atoms with van der Waals surface area (Å²) in [7, 11) is 1.65. The SMILES string of the molecule is COC[C@H](N)c1c[nH]c2ncccc12. The molecule has 2 rings (SSSR count). The number of H-pyrrole nitrogens is 1. The van der Waals surface area contributed by atoms with E-state index in [-0.39, 0.29) is 6.04 Å². The van der Waals surface area contributed by atoms with Crippen LogP contribution in [0.3, 0.4) is 0 Å². The molecule has 1 atom stereocenters. The van der Waals surface area contributed by atoms with Crippen molar-refractivity contribution in [2.45, 2.75) is 6.04 Å². The molecule has 0 saturated heterocycles. The highest BCUT2D eigenvalue weighted by molar-refractivity contribution is 5.79. The maximum atomic E-state index is 5.94. The first kappa shape index (κ1) is 9.18. The van der Waals surface area contributed by atoms with Gasteiger partial charge in [0.25, 0.3) is 0 Å². The average molecular weight is 191 g/mol. The summed E-state index contributed by atoms with van der Waals surface area (Å²) in [5.41, 5.74) is 7.86. The lowest BCUT2D eigenvalue weighted by molar-refractivity contribution is 0.181. The van der Waals surface area contributed by atoms with Gasteiger partial charge >= 0.3 is 0 Å². The number of pyridine rings is 1. The molecule has 0 aromatic carbocycles. The minimum absolute atomic E-state index is 0.0991. The lowest BCUT2D eigenvalue weighted by Crippen LogP contribution is -2.15. The van der Waals surface area contributed by atoms with Crippen LogP contribution >= 0.6 is 0 Å². The highest BCUT2D eigenvalue weighted by Crippen LogP contribution is 2.20. The molecule has 0 fully saturated rings. The predicted octanol–water partition coefficient (Wildman–Crippen LogP) is 1.21. The van der Waals surface area contributed by atoms with Gasteiger partial charge in [-0.3, -0.25) is 0 Å². The summed E-state index contributed by atoms with van der Waals surface area (Å²) in [6, 6.07) is 3.81. The Kier molecular flexibility index (Phi) is 2.47. The molecular formula is C10H13N3O. The van der Waals surface area contributed by atoms with E-state index in [1.54, 1.807) is 13.3 Å². The second-order valence-electron chi connectivity index (χ2n) is 3.21. The highest BCUT2D eigenvalue weighted by Gasteiger charge is 2.11. The monoisotopic (exact) mass is 191 g/mol. The zero-order valence-electron chi connectivity index (χ0n) is 8.03. The summed E-state index contributed by atoms with van der Waals surface area (Å²) in [6.07, 6.45) is 3.64. The molecule has 3 N–H and O–H groups in total. The number of hydrogen-bond acceptors (Lipinski definition) is 3. The molecule has 0 amide bonds. The summed E-state index contributed by atoms with van der Waals surface area (Å²) in [5.74, 6) is 0. The molecule has 0 spiro atoms. The van der Waals surface area contributed by atoms with Crippen LogP contribution < -0.4 is 5.73 Å². The van der Waals surface area contributed by atoms with E-state index in [9.17, 15) is 0 Å². The van der Waals surface area contributed by atoms with Crippen LogP contribution in [0.5, 0.6) is 0 Å². The van der Waals surface area contributed by atoms with Crippen molar-refractivity contribution in [1.29, 1.82) is 0 Å². The fourth-order valence-corrected chi connectivity index (χ4v) is 1.55. The average Bonchev–Trinajstić information content (AvgIpc) is 2.61. The Balaban J connectivity index is 2.42. The molecule has 0 bridgehead atoms. The summed E-state index contributed by atoms with van der Waals surface area (Å²) in [4.78, 5) is 7.27. The van der Waals surface area contributed by atoms with E-state index in [0.29, 0.717) is 6.61 Å². The molecule has 0 unspecified atom stereocenters. The molecule has 0 aliphatic rings. The molecule has 4 heteroatoms. The second kappa shape index (κ2) is 3.77. The van der Waals surface area contributed by atoms with E-state index in [0.717, 1.165) is 16.6 Å². The molecule has 0 aliphatic heterocycles. The maximum Gasteiger partial charge on any atom is 0.137 e. The van der Waals surface area contributed by atoms with Crippen molar-refractivity contribution in [2.24, 2.45) is 5.73 Å². The first-order chi connectivity index (χ1) is 6.83. The van der Waals surface area contributed by atoms with Crippen LogP contribution in [-0.2, 0) is 4.74 Å². The molecule has 0 saturated carbocycles. The molecule has 74 valence electrons. The Morgan fingerprint density at radius 1 is 1.64 bits per heavy atom. The van der Waals surface area contributed by atoms with Gasteiger partial charge in [0, 0.05) is 24.9 Å². The molecule has 0 aliphatic carbocycles. The summed E-state index contributed by atoms with van der Waals surface area (Å²) < 4.78 is 5.02. The van der Waals surface area contributed by atoms with Crippen LogP contribution in [0, 0.1) is 0 Å².